The Bertz CT molecular complexity index is 207. The van der Waals surface area contributed by atoms with Crippen LogP contribution in [0.25, 0.3) is 0 Å². The Kier molecular flexibility index (Phi) is 3.97. The van der Waals surface area contributed by atoms with Gasteiger partial charge in [0.25, 0.3) is 5.91 Å². The first kappa shape index (κ1) is 10.9. The van der Waals surface area contributed by atoms with Crippen LogP contribution in [0.15, 0.2) is 0 Å². The maximum absolute atomic E-state index is 12.0. The van der Waals surface area contributed by atoms with Crippen molar-refractivity contribution in [3.05, 3.63) is 0 Å². The van der Waals surface area contributed by atoms with Crippen molar-refractivity contribution in [3.8, 4) is 0 Å². The fraction of sp³-hybridized carbons (Fsp3) is 0.909. The molecule has 0 aliphatic carbocycles. The molecule has 1 amide bonds. The fourth-order valence-electron chi connectivity index (χ4n) is 2.18. The SMILES string of the molecule is O=C(C1CCCCCN1)N1CCCCO1. The second-order valence-corrected chi connectivity index (χ2v) is 4.34. The van der Waals surface area contributed by atoms with Crippen LogP contribution in [-0.2, 0) is 9.63 Å². The van der Waals surface area contributed by atoms with Crippen molar-refractivity contribution in [2.24, 2.45) is 0 Å². The summed E-state index contributed by atoms with van der Waals surface area (Å²) in [7, 11) is 0. The summed E-state index contributed by atoms with van der Waals surface area (Å²) in [4.78, 5) is 17.4. The molecule has 0 aromatic heterocycles. The Morgan fingerprint density at radius 3 is 2.93 bits per heavy atom. The van der Waals surface area contributed by atoms with Crippen molar-refractivity contribution in [1.82, 2.24) is 10.4 Å². The van der Waals surface area contributed by atoms with E-state index in [0.29, 0.717) is 6.61 Å². The van der Waals surface area contributed by atoms with Gasteiger partial charge in [0.1, 0.15) is 0 Å². The van der Waals surface area contributed by atoms with Crippen molar-refractivity contribution in [3.63, 3.8) is 0 Å². The summed E-state index contributed by atoms with van der Waals surface area (Å²) < 4.78 is 0. The van der Waals surface area contributed by atoms with Crippen molar-refractivity contribution >= 4 is 5.91 Å². The van der Waals surface area contributed by atoms with Crippen LogP contribution in [0, 0.1) is 0 Å². The zero-order valence-corrected chi connectivity index (χ0v) is 9.21. The predicted molar refractivity (Wildman–Crippen MR) is 57.2 cm³/mol. The molecule has 4 heteroatoms. The Morgan fingerprint density at radius 2 is 2.13 bits per heavy atom. The van der Waals surface area contributed by atoms with Gasteiger partial charge in [-0.3, -0.25) is 9.63 Å². The predicted octanol–water partition coefficient (Wildman–Crippen LogP) is 1.07. The molecule has 2 aliphatic rings. The van der Waals surface area contributed by atoms with Crippen molar-refractivity contribution in [2.75, 3.05) is 19.7 Å². The molecule has 4 nitrogen and oxygen atoms in total. The van der Waals surface area contributed by atoms with Gasteiger partial charge in [0, 0.05) is 6.54 Å². The molecule has 0 saturated carbocycles. The van der Waals surface area contributed by atoms with Gasteiger partial charge in [-0.05, 0) is 32.2 Å². The highest BCUT2D eigenvalue weighted by Gasteiger charge is 2.26. The average molecular weight is 212 g/mol. The van der Waals surface area contributed by atoms with Gasteiger partial charge in [0.05, 0.1) is 12.6 Å². The molecule has 1 N–H and O–H groups in total. The van der Waals surface area contributed by atoms with E-state index in [1.165, 1.54) is 12.8 Å². The number of hydrogen-bond acceptors (Lipinski definition) is 3. The molecular weight excluding hydrogens is 192 g/mol. The molecular formula is C11H20N2O2. The first-order valence-corrected chi connectivity index (χ1v) is 6.05. The number of hydroxylamine groups is 2. The van der Waals surface area contributed by atoms with Crippen LogP contribution in [0.2, 0.25) is 0 Å². The highest BCUT2D eigenvalue weighted by Crippen LogP contribution is 2.13. The molecule has 2 rings (SSSR count). The summed E-state index contributed by atoms with van der Waals surface area (Å²) in [5, 5.41) is 4.87. The quantitative estimate of drug-likeness (QED) is 0.707. The van der Waals surface area contributed by atoms with E-state index in [1.54, 1.807) is 5.06 Å². The minimum absolute atomic E-state index is 0.00870. The summed E-state index contributed by atoms with van der Waals surface area (Å²) >= 11 is 0. The van der Waals surface area contributed by atoms with Crippen LogP contribution in [-0.4, -0.2) is 36.7 Å². The lowest BCUT2D eigenvalue weighted by molar-refractivity contribution is -0.199. The maximum Gasteiger partial charge on any atom is 0.263 e. The van der Waals surface area contributed by atoms with E-state index in [4.69, 9.17) is 4.84 Å². The lowest BCUT2D eigenvalue weighted by Crippen LogP contribution is -2.47. The van der Waals surface area contributed by atoms with Crippen LogP contribution in [0.4, 0.5) is 0 Å². The van der Waals surface area contributed by atoms with Gasteiger partial charge in [0.15, 0.2) is 0 Å². The highest BCUT2D eigenvalue weighted by molar-refractivity contribution is 5.81. The molecule has 2 saturated heterocycles. The third-order valence-corrected chi connectivity index (χ3v) is 3.11. The first-order valence-electron chi connectivity index (χ1n) is 6.05. The minimum Gasteiger partial charge on any atom is -0.306 e. The third kappa shape index (κ3) is 2.92. The summed E-state index contributed by atoms with van der Waals surface area (Å²) in [6.45, 7) is 2.42. The smallest absolute Gasteiger partial charge is 0.263 e. The number of nitrogens with one attached hydrogen (secondary N) is 1. The second-order valence-electron chi connectivity index (χ2n) is 4.34. The molecule has 1 atom stereocenters. The number of carbonyl (C=O) groups excluding carboxylic acids is 1. The van der Waals surface area contributed by atoms with E-state index in [0.717, 1.165) is 38.8 Å². The molecule has 0 aromatic rings. The zero-order valence-electron chi connectivity index (χ0n) is 9.21. The Morgan fingerprint density at radius 1 is 1.20 bits per heavy atom. The van der Waals surface area contributed by atoms with Crippen molar-refractivity contribution < 1.29 is 9.63 Å². The van der Waals surface area contributed by atoms with E-state index < -0.39 is 0 Å². The first-order chi connectivity index (χ1) is 7.38. The van der Waals surface area contributed by atoms with Gasteiger partial charge in [-0.25, -0.2) is 5.06 Å². The molecule has 15 heavy (non-hydrogen) atoms. The van der Waals surface area contributed by atoms with Gasteiger partial charge < -0.3 is 5.32 Å². The molecule has 2 aliphatic heterocycles. The molecule has 0 radical (unpaired) electrons. The van der Waals surface area contributed by atoms with Gasteiger partial charge >= 0.3 is 0 Å². The van der Waals surface area contributed by atoms with E-state index in [1.807, 2.05) is 0 Å². The van der Waals surface area contributed by atoms with Crippen LogP contribution in [0.1, 0.15) is 38.5 Å². The number of hydrogen-bond donors (Lipinski definition) is 1. The fourth-order valence-corrected chi connectivity index (χ4v) is 2.18. The summed E-state index contributed by atoms with van der Waals surface area (Å²) in [5.74, 6) is 0.136. The van der Waals surface area contributed by atoms with E-state index in [-0.39, 0.29) is 11.9 Å². The summed E-state index contributed by atoms with van der Waals surface area (Å²) in [6, 6.07) is -0.00870. The monoisotopic (exact) mass is 212 g/mol. The number of rotatable bonds is 1. The molecule has 2 heterocycles. The number of nitrogens with zero attached hydrogens (tertiary/aromatic N) is 1. The van der Waals surface area contributed by atoms with Gasteiger partial charge in [-0.1, -0.05) is 12.8 Å². The molecule has 86 valence electrons. The average Bonchev–Trinajstić information content (AvgIpc) is 2.58. The standard InChI is InChI=1S/C11H20N2O2/c14-11(13-8-4-5-9-15-13)10-6-2-1-3-7-12-10/h10,12H,1-9H2. The van der Waals surface area contributed by atoms with Gasteiger partial charge in [-0.2, -0.15) is 0 Å². The summed E-state index contributed by atoms with van der Waals surface area (Å²) in [6.07, 6.45) is 6.67. The van der Waals surface area contributed by atoms with Crippen LogP contribution < -0.4 is 5.32 Å². The Hall–Kier alpha value is -0.610. The van der Waals surface area contributed by atoms with Gasteiger partial charge in [-0.15, -0.1) is 0 Å². The van der Waals surface area contributed by atoms with Crippen LogP contribution in [0.3, 0.4) is 0 Å². The molecule has 1 unspecified atom stereocenters. The lowest BCUT2D eigenvalue weighted by Gasteiger charge is -2.29. The van der Waals surface area contributed by atoms with E-state index in [2.05, 4.69) is 5.32 Å². The zero-order chi connectivity index (χ0) is 10.5. The number of amides is 1. The summed E-state index contributed by atoms with van der Waals surface area (Å²) in [5.41, 5.74) is 0. The Labute approximate surface area is 90.9 Å². The minimum atomic E-state index is -0.00870. The Balaban J connectivity index is 1.87. The molecule has 0 spiro atoms. The second kappa shape index (κ2) is 5.47. The molecule has 0 aromatic carbocycles. The van der Waals surface area contributed by atoms with Crippen molar-refractivity contribution in [1.29, 1.82) is 0 Å². The maximum atomic E-state index is 12.0. The highest BCUT2D eigenvalue weighted by atomic mass is 16.7. The topological polar surface area (TPSA) is 41.6 Å². The molecule has 2 fully saturated rings. The van der Waals surface area contributed by atoms with E-state index in [9.17, 15) is 4.79 Å². The van der Waals surface area contributed by atoms with Gasteiger partial charge in [0.2, 0.25) is 0 Å². The normalized spacial score (nSPS) is 28.5. The third-order valence-electron chi connectivity index (χ3n) is 3.11. The lowest BCUT2D eigenvalue weighted by atomic mass is 10.1. The van der Waals surface area contributed by atoms with Crippen LogP contribution >= 0.6 is 0 Å². The molecule has 0 bridgehead atoms. The number of carbonyl (C=O) groups is 1. The van der Waals surface area contributed by atoms with E-state index >= 15 is 0 Å². The van der Waals surface area contributed by atoms with Crippen LogP contribution in [0.5, 0.6) is 0 Å². The largest absolute Gasteiger partial charge is 0.306 e. The van der Waals surface area contributed by atoms with Crippen molar-refractivity contribution in [2.45, 2.75) is 44.6 Å².